The molecule has 1 fully saturated rings. The van der Waals surface area contributed by atoms with Crippen molar-refractivity contribution >= 4 is 22.6 Å². The van der Waals surface area contributed by atoms with E-state index < -0.39 is 0 Å². The number of ether oxygens (including phenoxy) is 1. The van der Waals surface area contributed by atoms with Gasteiger partial charge in [-0.1, -0.05) is 25.0 Å². The van der Waals surface area contributed by atoms with Gasteiger partial charge >= 0.3 is 0 Å². The summed E-state index contributed by atoms with van der Waals surface area (Å²) in [6.07, 6.45) is 6.79. The lowest BCUT2D eigenvalue weighted by Gasteiger charge is -2.26. The third-order valence-corrected chi connectivity index (χ3v) is 6.69. The standard InChI is InChI=1S/C30H27N5O2/c1-2-13-34-21-32-27-11-4-22(18-28(27)34)3-10-26-19-31-29-12-9-25(20-35(26)29)23-5-7-24(8-6-23)30(36)33-14-16-37-17-15-33/h4-9,11-12,18-21H,2,13-17H2,1H3. The molecule has 1 amide bonds. The highest BCUT2D eigenvalue weighted by Crippen LogP contribution is 2.22. The average molecular weight is 490 g/mol. The first-order chi connectivity index (χ1) is 18.2. The zero-order valence-corrected chi connectivity index (χ0v) is 20.7. The largest absolute Gasteiger partial charge is 0.378 e. The lowest BCUT2D eigenvalue weighted by Crippen LogP contribution is -2.40. The van der Waals surface area contributed by atoms with Crippen LogP contribution in [0.15, 0.2) is 73.3 Å². The molecule has 1 aliphatic rings. The molecular weight excluding hydrogens is 462 g/mol. The van der Waals surface area contributed by atoms with Gasteiger partial charge in [0, 0.05) is 37.0 Å². The number of hydrogen-bond acceptors (Lipinski definition) is 4. The van der Waals surface area contributed by atoms with Gasteiger partial charge in [0.1, 0.15) is 11.3 Å². The van der Waals surface area contributed by atoms with Crippen LogP contribution in [0, 0.1) is 11.8 Å². The van der Waals surface area contributed by atoms with Gasteiger partial charge in [0.15, 0.2) is 0 Å². The molecule has 3 aromatic heterocycles. The molecule has 0 N–H and O–H groups in total. The Bertz CT molecular complexity index is 1650. The van der Waals surface area contributed by atoms with Gasteiger partial charge < -0.3 is 14.2 Å². The van der Waals surface area contributed by atoms with Gasteiger partial charge in [-0.15, -0.1) is 0 Å². The number of pyridine rings is 1. The van der Waals surface area contributed by atoms with E-state index in [1.807, 2.05) is 70.4 Å². The minimum atomic E-state index is 0.0494. The highest BCUT2D eigenvalue weighted by molar-refractivity contribution is 5.94. The van der Waals surface area contributed by atoms with Crippen molar-refractivity contribution in [1.82, 2.24) is 23.8 Å². The van der Waals surface area contributed by atoms with Crippen LogP contribution in [0.25, 0.3) is 27.8 Å². The summed E-state index contributed by atoms with van der Waals surface area (Å²) in [4.78, 5) is 23.6. The summed E-state index contributed by atoms with van der Waals surface area (Å²) in [7, 11) is 0. The van der Waals surface area contributed by atoms with Crippen molar-refractivity contribution < 1.29 is 9.53 Å². The van der Waals surface area contributed by atoms with E-state index in [9.17, 15) is 4.79 Å². The van der Waals surface area contributed by atoms with Crippen molar-refractivity contribution in [2.75, 3.05) is 26.3 Å². The Morgan fingerprint density at radius 2 is 1.78 bits per heavy atom. The van der Waals surface area contributed by atoms with Crippen LogP contribution in [0.4, 0.5) is 0 Å². The lowest BCUT2D eigenvalue weighted by atomic mass is 10.0. The molecule has 0 atom stereocenters. The Morgan fingerprint density at radius 3 is 2.59 bits per heavy atom. The summed E-state index contributed by atoms with van der Waals surface area (Å²) in [6, 6.07) is 17.9. The number of benzene rings is 2. The number of nitrogens with zero attached hydrogens (tertiary/aromatic N) is 5. The fourth-order valence-electron chi connectivity index (χ4n) is 4.69. The Balaban J connectivity index is 1.27. The normalized spacial score (nSPS) is 13.6. The minimum Gasteiger partial charge on any atom is -0.378 e. The quantitative estimate of drug-likeness (QED) is 0.345. The summed E-state index contributed by atoms with van der Waals surface area (Å²) in [5.74, 6) is 6.64. The Labute approximate surface area is 215 Å². The van der Waals surface area contributed by atoms with Crippen LogP contribution in [0.2, 0.25) is 0 Å². The summed E-state index contributed by atoms with van der Waals surface area (Å²) in [6.45, 7) is 5.56. The van der Waals surface area contributed by atoms with E-state index in [-0.39, 0.29) is 5.91 Å². The first kappa shape index (κ1) is 23.0. The van der Waals surface area contributed by atoms with E-state index in [1.54, 1.807) is 6.20 Å². The molecule has 7 nitrogen and oxygen atoms in total. The Kier molecular flexibility index (Phi) is 6.17. The van der Waals surface area contributed by atoms with Crippen molar-refractivity contribution in [1.29, 1.82) is 0 Å². The number of carbonyl (C=O) groups is 1. The molecule has 1 aliphatic heterocycles. The first-order valence-electron chi connectivity index (χ1n) is 12.6. The molecule has 6 rings (SSSR count). The van der Waals surface area contributed by atoms with E-state index in [0.29, 0.717) is 31.9 Å². The molecule has 184 valence electrons. The molecule has 0 unspecified atom stereocenters. The molecule has 0 radical (unpaired) electrons. The van der Waals surface area contributed by atoms with Crippen molar-refractivity contribution in [2.45, 2.75) is 19.9 Å². The van der Waals surface area contributed by atoms with Gasteiger partial charge in [-0.05, 0) is 65.9 Å². The van der Waals surface area contributed by atoms with Crippen LogP contribution in [0.5, 0.6) is 0 Å². The van der Waals surface area contributed by atoms with E-state index in [4.69, 9.17) is 4.74 Å². The molecule has 0 aliphatic carbocycles. The van der Waals surface area contributed by atoms with Gasteiger partial charge in [-0.25, -0.2) is 9.97 Å². The summed E-state index contributed by atoms with van der Waals surface area (Å²) < 4.78 is 9.53. The number of aromatic nitrogens is 4. The topological polar surface area (TPSA) is 64.7 Å². The van der Waals surface area contributed by atoms with Gasteiger partial charge in [-0.2, -0.15) is 0 Å². The van der Waals surface area contributed by atoms with E-state index >= 15 is 0 Å². The second-order valence-electron chi connectivity index (χ2n) is 9.16. The molecular formula is C30H27N5O2. The number of morpholine rings is 1. The molecule has 5 aromatic rings. The van der Waals surface area contributed by atoms with Gasteiger partial charge in [0.25, 0.3) is 5.91 Å². The second-order valence-corrected chi connectivity index (χ2v) is 9.16. The van der Waals surface area contributed by atoms with E-state index in [1.165, 1.54) is 0 Å². The number of aryl methyl sites for hydroxylation is 1. The molecule has 0 bridgehead atoms. The average Bonchev–Trinajstić information content (AvgIpc) is 3.55. The zero-order valence-electron chi connectivity index (χ0n) is 20.7. The molecule has 2 aromatic carbocycles. The van der Waals surface area contributed by atoms with Crippen molar-refractivity contribution in [3.63, 3.8) is 0 Å². The molecule has 0 saturated carbocycles. The van der Waals surface area contributed by atoms with Gasteiger partial charge in [0.05, 0.1) is 36.8 Å². The SMILES string of the molecule is CCCn1cnc2ccc(C#Cc3cnc4ccc(-c5ccc(C(=O)N6CCOCC6)cc5)cn34)cc21. The van der Waals surface area contributed by atoms with Crippen molar-refractivity contribution in [3.8, 4) is 23.0 Å². The number of hydrogen-bond donors (Lipinski definition) is 0. The smallest absolute Gasteiger partial charge is 0.254 e. The van der Waals surface area contributed by atoms with E-state index in [0.717, 1.165) is 52.0 Å². The first-order valence-corrected chi connectivity index (χ1v) is 12.6. The zero-order chi connectivity index (χ0) is 25.2. The molecule has 0 spiro atoms. The number of fused-ring (bicyclic) bond motifs is 2. The highest BCUT2D eigenvalue weighted by Gasteiger charge is 2.18. The molecule has 1 saturated heterocycles. The number of rotatable bonds is 4. The second kappa shape index (κ2) is 9.92. The minimum absolute atomic E-state index is 0.0494. The van der Waals surface area contributed by atoms with Gasteiger partial charge in [-0.3, -0.25) is 9.20 Å². The van der Waals surface area contributed by atoms with E-state index in [2.05, 4.69) is 39.4 Å². The number of amides is 1. The molecule has 4 heterocycles. The highest BCUT2D eigenvalue weighted by atomic mass is 16.5. The predicted molar refractivity (Wildman–Crippen MR) is 143 cm³/mol. The number of carbonyl (C=O) groups excluding carboxylic acids is 1. The third-order valence-electron chi connectivity index (χ3n) is 6.69. The van der Waals surface area contributed by atoms with Gasteiger partial charge in [0.2, 0.25) is 0 Å². The third kappa shape index (κ3) is 4.59. The maximum atomic E-state index is 12.8. The van der Waals surface area contributed by atoms with Crippen molar-refractivity contribution in [2.24, 2.45) is 0 Å². The van der Waals surface area contributed by atoms with Crippen LogP contribution in [-0.4, -0.2) is 56.0 Å². The van der Waals surface area contributed by atoms with Crippen LogP contribution >= 0.6 is 0 Å². The Hall–Kier alpha value is -4.41. The molecule has 37 heavy (non-hydrogen) atoms. The van der Waals surface area contributed by atoms with Crippen LogP contribution in [0.3, 0.4) is 0 Å². The summed E-state index contributed by atoms with van der Waals surface area (Å²) >= 11 is 0. The fourth-order valence-corrected chi connectivity index (χ4v) is 4.69. The van der Waals surface area contributed by atoms with Crippen LogP contribution in [0.1, 0.15) is 35.0 Å². The lowest BCUT2D eigenvalue weighted by molar-refractivity contribution is 0.0303. The Morgan fingerprint density at radius 1 is 0.973 bits per heavy atom. The fraction of sp³-hybridized carbons (Fsp3) is 0.233. The molecule has 7 heteroatoms. The number of imidazole rings is 2. The van der Waals surface area contributed by atoms with Crippen LogP contribution < -0.4 is 0 Å². The van der Waals surface area contributed by atoms with Crippen LogP contribution in [-0.2, 0) is 11.3 Å². The monoisotopic (exact) mass is 489 g/mol. The summed E-state index contributed by atoms with van der Waals surface area (Å²) in [5.41, 5.74) is 7.43. The summed E-state index contributed by atoms with van der Waals surface area (Å²) in [5, 5.41) is 0. The maximum Gasteiger partial charge on any atom is 0.254 e. The van der Waals surface area contributed by atoms with Crippen molar-refractivity contribution in [3.05, 3.63) is 90.1 Å². The maximum absolute atomic E-state index is 12.8. The predicted octanol–water partition coefficient (Wildman–Crippen LogP) is 4.63.